The van der Waals surface area contributed by atoms with Crippen molar-refractivity contribution in [2.75, 3.05) is 13.1 Å². The van der Waals surface area contributed by atoms with Gasteiger partial charge in [-0.1, -0.05) is 18.2 Å². The van der Waals surface area contributed by atoms with Crippen molar-refractivity contribution >= 4 is 11.7 Å². The summed E-state index contributed by atoms with van der Waals surface area (Å²) in [4.78, 5) is 16.7. The smallest absolute Gasteiger partial charge is 0.427 e. The number of rotatable bonds is 2. The number of halogens is 1. The molecular weight excluding hydrogens is 273 g/mol. The molecule has 0 fully saturated rings. The van der Waals surface area contributed by atoms with Crippen molar-refractivity contribution in [3.05, 3.63) is 41.7 Å². The standard InChI is InChI=1S/C16H20FNO3/c1-16(2,3)20-15(19)21-18-10-8-13(9-11-18)12-4-6-14(17)7-5-12/h4-8H,9-11H2,1-3H3. The third-order valence-corrected chi connectivity index (χ3v) is 2.98. The molecule has 1 heterocycles. The molecular formula is C16H20FNO3. The number of ether oxygens (including phenoxy) is 1. The van der Waals surface area contributed by atoms with Gasteiger partial charge in [-0.25, -0.2) is 9.18 Å². The predicted molar refractivity (Wildman–Crippen MR) is 77.9 cm³/mol. The van der Waals surface area contributed by atoms with Crippen LogP contribution in [-0.2, 0) is 9.57 Å². The molecule has 1 aliphatic rings. The number of benzene rings is 1. The van der Waals surface area contributed by atoms with Crippen molar-refractivity contribution in [1.82, 2.24) is 5.06 Å². The summed E-state index contributed by atoms with van der Waals surface area (Å²) in [5, 5.41) is 1.56. The number of hydrogen-bond donors (Lipinski definition) is 0. The number of hydrogen-bond acceptors (Lipinski definition) is 4. The highest BCUT2D eigenvalue weighted by molar-refractivity contribution is 5.66. The van der Waals surface area contributed by atoms with Gasteiger partial charge in [0, 0.05) is 6.54 Å². The van der Waals surface area contributed by atoms with Crippen LogP contribution in [0.3, 0.4) is 0 Å². The second-order valence-electron chi connectivity index (χ2n) is 5.93. The van der Waals surface area contributed by atoms with E-state index in [1.54, 1.807) is 38.0 Å². The van der Waals surface area contributed by atoms with E-state index in [2.05, 4.69) is 0 Å². The van der Waals surface area contributed by atoms with Crippen molar-refractivity contribution in [3.63, 3.8) is 0 Å². The Morgan fingerprint density at radius 3 is 2.43 bits per heavy atom. The van der Waals surface area contributed by atoms with Gasteiger partial charge in [0.15, 0.2) is 0 Å². The fraction of sp³-hybridized carbons (Fsp3) is 0.438. The summed E-state index contributed by atoms with van der Waals surface area (Å²) in [5.74, 6) is -0.245. The van der Waals surface area contributed by atoms with E-state index in [9.17, 15) is 9.18 Å². The number of nitrogens with zero attached hydrogens (tertiary/aromatic N) is 1. The van der Waals surface area contributed by atoms with Crippen LogP contribution in [0, 0.1) is 5.82 Å². The van der Waals surface area contributed by atoms with E-state index in [1.165, 1.54) is 12.1 Å². The molecule has 0 amide bonds. The van der Waals surface area contributed by atoms with Crippen LogP contribution in [0.4, 0.5) is 9.18 Å². The fourth-order valence-corrected chi connectivity index (χ4v) is 2.03. The first-order valence-corrected chi connectivity index (χ1v) is 6.94. The van der Waals surface area contributed by atoms with Gasteiger partial charge < -0.3 is 9.57 Å². The monoisotopic (exact) mass is 293 g/mol. The van der Waals surface area contributed by atoms with Crippen molar-refractivity contribution in [2.24, 2.45) is 0 Å². The zero-order chi connectivity index (χ0) is 15.5. The number of hydroxylamine groups is 2. The molecule has 0 radical (unpaired) electrons. The summed E-state index contributed by atoms with van der Waals surface area (Å²) in [6.45, 7) is 6.44. The van der Waals surface area contributed by atoms with Crippen LogP contribution in [0.1, 0.15) is 32.8 Å². The third kappa shape index (κ3) is 4.86. The van der Waals surface area contributed by atoms with Crippen molar-refractivity contribution in [2.45, 2.75) is 32.8 Å². The lowest BCUT2D eigenvalue weighted by Gasteiger charge is -2.26. The second-order valence-corrected chi connectivity index (χ2v) is 5.93. The van der Waals surface area contributed by atoms with Crippen LogP contribution in [0.25, 0.3) is 5.57 Å². The van der Waals surface area contributed by atoms with Crippen LogP contribution >= 0.6 is 0 Å². The largest absolute Gasteiger partial charge is 0.528 e. The lowest BCUT2D eigenvalue weighted by molar-refractivity contribution is -0.137. The molecule has 114 valence electrons. The van der Waals surface area contributed by atoms with Crippen LogP contribution in [0.2, 0.25) is 0 Å². The van der Waals surface area contributed by atoms with Crippen molar-refractivity contribution in [3.8, 4) is 0 Å². The van der Waals surface area contributed by atoms with E-state index in [0.717, 1.165) is 17.6 Å². The molecule has 0 saturated carbocycles. The van der Waals surface area contributed by atoms with Crippen LogP contribution in [0.5, 0.6) is 0 Å². The maximum atomic E-state index is 12.9. The van der Waals surface area contributed by atoms with Crippen molar-refractivity contribution in [1.29, 1.82) is 0 Å². The predicted octanol–water partition coefficient (Wildman–Crippen LogP) is 3.78. The van der Waals surface area contributed by atoms with Gasteiger partial charge in [-0.05, 0) is 50.5 Å². The summed E-state index contributed by atoms with van der Waals surface area (Å²) in [6.07, 6.45) is 2.01. The van der Waals surface area contributed by atoms with Crippen LogP contribution in [0.15, 0.2) is 30.3 Å². The van der Waals surface area contributed by atoms with E-state index < -0.39 is 11.8 Å². The SMILES string of the molecule is CC(C)(C)OC(=O)ON1CC=C(c2ccc(F)cc2)CC1. The van der Waals surface area contributed by atoms with E-state index in [1.807, 2.05) is 6.08 Å². The highest BCUT2D eigenvalue weighted by atomic mass is 19.1. The molecule has 0 atom stereocenters. The minimum atomic E-state index is -0.693. The first kappa shape index (κ1) is 15.5. The summed E-state index contributed by atoms with van der Waals surface area (Å²) < 4.78 is 18.0. The molecule has 0 unspecified atom stereocenters. The van der Waals surface area contributed by atoms with E-state index >= 15 is 0 Å². The van der Waals surface area contributed by atoms with Gasteiger partial charge in [-0.15, -0.1) is 5.06 Å². The van der Waals surface area contributed by atoms with Crippen LogP contribution < -0.4 is 0 Å². The average Bonchev–Trinajstić information content (AvgIpc) is 2.38. The van der Waals surface area contributed by atoms with E-state index in [4.69, 9.17) is 9.57 Å². The summed E-state index contributed by atoms with van der Waals surface area (Å²) in [5.41, 5.74) is 1.55. The topological polar surface area (TPSA) is 38.8 Å². The maximum Gasteiger partial charge on any atom is 0.528 e. The Labute approximate surface area is 124 Å². The van der Waals surface area contributed by atoms with Gasteiger partial charge in [0.1, 0.15) is 11.4 Å². The highest BCUT2D eigenvalue weighted by Gasteiger charge is 2.22. The molecule has 1 aromatic carbocycles. The second kappa shape index (κ2) is 6.26. The van der Waals surface area contributed by atoms with E-state index in [-0.39, 0.29) is 5.82 Å². The number of carbonyl (C=O) groups excluding carboxylic acids is 1. The Morgan fingerprint density at radius 1 is 1.24 bits per heavy atom. The Bertz CT molecular complexity index is 531. The Morgan fingerprint density at radius 2 is 1.90 bits per heavy atom. The zero-order valence-electron chi connectivity index (χ0n) is 12.6. The molecule has 1 aromatic rings. The molecule has 0 aliphatic carbocycles. The normalized spacial score (nSPS) is 16.3. The van der Waals surface area contributed by atoms with Gasteiger partial charge in [0.25, 0.3) is 0 Å². The average molecular weight is 293 g/mol. The molecule has 0 spiro atoms. The van der Waals surface area contributed by atoms with Crippen molar-refractivity contribution < 1.29 is 18.8 Å². The Kier molecular flexibility index (Phi) is 4.63. The zero-order valence-corrected chi connectivity index (χ0v) is 12.6. The molecule has 4 nitrogen and oxygen atoms in total. The minimum absolute atomic E-state index is 0.245. The maximum absolute atomic E-state index is 12.9. The highest BCUT2D eigenvalue weighted by Crippen LogP contribution is 2.23. The fourth-order valence-electron chi connectivity index (χ4n) is 2.03. The molecule has 1 aliphatic heterocycles. The minimum Gasteiger partial charge on any atom is -0.427 e. The summed E-state index contributed by atoms with van der Waals surface area (Å²) in [7, 11) is 0. The molecule has 0 aromatic heterocycles. The molecule has 5 heteroatoms. The lowest BCUT2D eigenvalue weighted by atomic mass is 10.0. The third-order valence-electron chi connectivity index (χ3n) is 2.98. The first-order valence-electron chi connectivity index (χ1n) is 6.94. The molecule has 2 rings (SSSR count). The summed E-state index contributed by atoms with van der Waals surface area (Å²) in [6, 6.07) is 6.40. The van der Waals surface area contributed by atoms with E-state index in [0.29, 0.717) is 13.1 Å². The number of carbonyl (C=O) groups is 1. The Hall–Kier alpha value is -1.88. The van der Waals surface area contributed by atoms with Gasteiger partial charge in [-0.3, -0.25) is 0 Å². The first-order chi connectivity index (χ1) is 9.83. The van der Waals surface area contributed by atoms with Gasteiger partial charge in [0.2, 0.25) is 0 Å². The molecule has 0 saturated heterocycles. The van der Waals surface area contributed by atoms with Gasteiger partial charge in [0.05, 0.1) is 6.54 Å². The Balaban J connectivity index is 1.90. The molecule has 0 bridgehead atoms. The van der Waals surface area contributed by atoms with Crippen LogP contribution in [-0.4, -0.2) is 29.9 Å². The molecule has 0 N–H and O–H groups in total. The summed E-state index contributed by atoms with van der Waals surface area (Å²) >= 11 is 0. The quantitative estimate of drug-likeness (QED) is 0.778. The molecule has 21 heavy (non-hydrogen) atoms. The van der Waals surface area contributed by atoms with Gasteiger partial charge >= 0.3 is 6.16 Å². The van der Waals surface area contributed by atoms with Gasteiger partial charge in [-0.2, -0.15) is 0 Å². The lowest BCUT2D eigenvalue weighted by Crippen LogP contribution is -2.34.